The number of aromatic nitrogens is 2. The molecule has 3 aromatic rings. The normalized spacial score (nSPS) is 12.4. The van der Waals surface area contributed by atoms with Crippen molar-refractivity contribution >= 4 is 5.78 Å². The van der Waals surface area contributed by atoms with Crippen LogP contribution >= 0.6 is 0 Å². The number of carbonyl (C=O) groups is 1. The van der Waals surface area contributed by atoms with Crippen LogP contribution in [0.15, 0.2) is 59.7 Å². The summed E-state index contributed by atoms with van der Waals surface area (Å²) in [6.07, 6.45) is -3.02. The van der Waals surface area contributed by atoms with Gasteiger partial charge in [-0.05, 0) is 35.9 Å². The van der Waals surface area contributed by atoms with Gasteiger partial charge in [0.2, 0.25) is 5.56 Å². The van der Waals surface area contributed by atoms with Gasteiger partial charge in [0.1, 0.15) is 5.82 Å². The van der Waals surface area contributed by atoms with Gasteiger partial charge in [-0.25, -0.2) is 8.78 Å². The number of halogens is 5. The van der Waals surface area contributed by atoms with Crippen molar-refractivity contribution in [1.82, 2.24) is 9.97 Å². The third-order valence-electron chi connectivity index (χ3n) is 4.20. The second-order valence-corrected chi connectivity index (χ2v) is 6.23. The summed E-state index contributed by atoms with van der Waals surface area (Å²) in [7, 11) is 0. The topological polar surface area (TPSA) is 72.0 Å². The number of alkyl halides is 3. The summed E-state index contributed by atoms with van der Waals surface area (Å²) in [6, 6.07) is 7.40. The number of hydrogen-bond donors (Lipinski definition) is 1. The maximum Gasteiger partial charge on any atom is 0.573 e. The largest absolute Gasteiger partial charge is 0.573 e. The lowest BCUT2D eigenvalue weighted by Gasteiger charge is -2.18. The predicted octanol–water partition coefficient (Wildman–Crippen LogP) is 4.35. The van der Waals surface area contributed by atoms with Gasteiger partial charge in [-0.15, -0.1) is 13.2 Å². The van der Waals surface area contributed by atoms with E-state index in [2.05, 4.69) is 14.7 Å². The number of aromatic amines is 1. The molecule has 0 spiro atoms. The average molecular weight is 424 g/mol. The minimum atomic E-state index is -5.09. The molecule has 10 heteroatoms. The van der Waals surface area contributed by atoms with Crippen molar-refractivity contribution in [3.8, 4) is 5.75 Å². The molecule has 0 aliphatic carbocycles. The maximum atomic E-state index is 14.3. The van der Waals surface area contributed by atoms with Gasteiger partial charge in [0.25, 0.3) is 0 Å². The van der Waals surface area contributed by atoms with Crippen molar-refractivity contribution in [3.63, 3.8) is 0 Å². The number of hydrogen-bond acceptors (Lipinski definition) is 4. The molecule has 0 radical (unpaired) electrons. The van der Waals surface area contributed by atoms with Gasteiger partial charge in [-0.2, -0.15) is 0 Å². The van der Waals surface area contributed by atoms with E-state index in [4.69, 9.17) is 0 Å². The predicted molar refractivity (Wildman–Crippen MR) is 95.1 cm³/mol. The Kier molecular flexibility index (Phi) is 5.95. The van der Waals surface area contributed by atoms with Crippen molar-refractivity contribution < 1.29 is 31.5 Å². The number of nitrogens with one attached hydrogen (secondary N) is 1. The van der Waals surface area contributed by atoms with Crippen LogP contribution in [0, 0.1) is 11.6 Å². The van der Waals surface area contributed by atoms with Crippen LogP contribution in [-0.2, 0) is 0 Å². The molecule has 2 aromatic heterocycles. The number of benzene rings is 1. The smallest absolute Gasteiger partial charge is 0.403 e. The van der Waals surface area contributed by atoms with Gasteiger partial charge in [-0.1, -0.05) is 6.07 Å². The number of carbonyl (C=O) groups excluding carboxylic acids is 1. The number of pyridine rings is 2. The standard InChI is InChI=1S/C20H13F5N2O3/c21-14-2-1-7-26-19(14)13(9-16(28)12-4-6-18(29)27-10-12)11-3-5-17(15(22)8-11)30-20(23,24)25/h1-8,10,13H,9H2,(H,27,29)/t13-/m1/s1. The zero-order valence-corrected chi connectivity index (χ0v) is 15.0. The molecule has 0 aliphatic rings. The minimum Gasteiger partial charge on any atom is -0.403 e. The number of rotatable bonds is 6. The summed E-state index contributed by atoms with van der Waals surface area (Å²) in [5.74, 6) is -4.77. The highest BCUT2D eigenvalue weighted by atomic mass is 19.4. The summed E-state index contributed by atoms with van der Waals surface area (Å²) in [4.78, 5) is 30.0. The van der Waals surface area contributed by atoms with Crippen molar-refractivity contribution in [2.45, 2.75) is 18.7 Å². The lowest BCUT2D eigenvalue weighted by Crippen LogP contribution is -2.18. The van der Waals surface area contributed by atoms with E-state index in [0.29, 0.717) is 0 Å². The summed E-state index contributed by atoms with van der Waals surface area (Å²) >= 11 is 0. The Morgan fingerprint density at radius 3 is 2.47 bits per heavy atom. The van der Waals surface area contributed by atoms with Crippen LogP contribution in [0.3, 0.4) is 0 Å². The quantitative estimate of drug-likeness (QED) is 0.472. The van der Waals surface area contributed by atoms with Gasteiger partial charge in [-0.3, -0.25) is 14.6 Å². The Morgan fingerprint density at radius 2 is 1.87 bits per heavy atom. The molecule has 5 nitrogen and oxygen atoms in total. The van der Waals surface area contributed by atoms with Crippen molar-refractivity contribution in [2.75, 3.05) is 0 Å². The maximum absolute atomic E-state index is 14.3. The lowest BCUT2D eigenvalue weighted by atomic mass is 9.88. The van der Waals surface area contributed by atoms with E-state index in [9.17, 15) is 31.5 Å². The molecule has 1 aromatic carbocycles. The highest BCUT2D eigenvalue weighted by molar-refractivity contribution is 5.96. The molecule has 1 atom stereocenters. The van der Waals surface area contributed by atoms with Crippen molar-refractivity contribution in [2.24, 2.45) is 0 Å². The highest BCUT2D eigenvalue weighted by Gasteiger charge is 2.33. The highest BCUT2D eigenvalue weighted by Crippen LogP contribution is 2.33. The Bertz CT molecular complexity index is 1110. The number of nitrogens with zero attached hydrogens (tertiary/aromatic N) is 1. The Morgan fingerprint density at radius 1 is 1.10 bits per heavy atom. The van der Waals surface area contributed by atoms with Gasteiger partial charge in [0, 0.05) is 36.4 Å². The van der Waals surface area contributed by atoms with E-state index in [1.54, 1.807) is 0 Å². The second kappa shape index (κ2) is 8.44. The molecule has 0 amide bonds. The van der Waals surface area contributed by atoms with Crippen LogP contribution < -0.4 is 10.3 Å². The molecule has 0 saturated heterocycles. The molecule has 0 aliphatic heterocycles. The second-order valence-electron chi connectivity index (χ2n) is 6.23. The van der Waals surface area contributed by atoms with E-state index < -0.39 is 41.0 Å². The fourth-order valence-electron chi connectivity index (χ4n) is 2.86. The van der Waals surface area contributed by atoms with Crippen LogP contribution in [0.25, 0.3) is 0 Å². The number of ether oxygens (including phenoxy) is 1. The van der Waals surface area contributed by atoms with Crippen LogP contribution in [0.1, 0.15) is 34.0 Å². The van der Waals surface area contributed by atoms with Gasteiger partial charge in [0.05, 0.1) is 5.69 Å². The van der Waals surface area contributed by atoms with Crippen LogP contribution in [0.5, 0.6) is 5.75 Å². The molecule has 2 heterocycles. The summed E-state index contributed by atoms with van der Waals surface area (Å²) in [6.45, 7) is 0. The Labute approximate surface area is 166 Å². The first-order valence-electron chi connectivity index (χ1n) is 8.51. The summed E-state index contributed by atoms with van der Waals surface area (Å²) in [5, 5.41) is 0. The zero-order chi connectivity index (χ0) is 21.9. The lowest BCUT2D eigenvalue weighted by molar-refractivity contribution is -0.275. The van der Waals surface area contributed by atoms with E-state index in [-0.39, 0.29) is 23.2 Å². The van der Waals surface area contributed by atoms with Gasteiger partial charge >= 0.3 is 6.36 Å². The molecule has 0 unspecified atom stereocenters. The monoisotopic (exact) mass is 424 g/mol. The molecule has 0 saturated carbocycles. The zero-order valence-electron chi connectivity index (χ0n) is 15.0. The third kappa shape index (κ3) is 5.07. The first kappa shape index (κ1) is 21.2. The SMILES string of the molecule is O=C(C[C@H](c1ccc(OC(F)(F)F)c(F)c1)c1ncccc1F)c1ccc(=O)[nH]c1. The third-order valence-corrected chi connectivity index (χ3v) is 4.20. The van der Waals surface area contributed by atoms with Crippen molar-refractivity contribution in [1.29, 1.82) is 0 Å². The van der Waals surface area contributed by atoms with Gasteiger partial charge < -0.3 is 9.72 Å². The molecule has 156 valence electrons. The number of Topliss-reactive ketones (excluding diaryl/α,β-unsaturated/α-hetero) is 1. The first-order chi connectivity index (χ1) is 14.1. The van der Waals surface area contributed by atoms with Gasteiger partial charge in [0.15, 0.2) is 17.3 Å². The molecule has 1 N–H and O–H groups in total. The number of H-pyrrole nitrogens is 1. The Balaban J connectivity index is 1.99. The first-order valence-corrected chi connectivity index (χ1v) is 8.51. The van der Waals surface area contributed by atoms with E-state index >= 15 is 0 Å². The molecule has 0 bridgehead atoms. The fraction of sp³-hybridized carbons (Fsp3) is 0.150. The van der Waals surface area contributed by atoms with Crippen LogP contribution in [-0.4, -0.2) is 22.1 Å². The van der Waals surface area contributed by atoms with E-state index in [1.165, 1.54) is 24.5 Å². The minimum absolute atomic E-state index is 0.0254. The average Bonchev–Trinajstić information content (AvgIpc) is 2.68. The number of ketones is 1. The fourth-order valence-corrected chi connectivity index (χ4v) is 2.86. The summed E-state index contributed by atoms with van der Waals surface area (Å²) in [5.41, 5.74) is -0.466. The van der Waals surface area contributed by atoms with Crippen molar-refractivity contribution in [3.05, 3.63) is 93.7 Å². The van der Waals surface area contributed by atoms with E-state index in [0.717, 1.165) is 30.3 Å². The molecule has 0 fully saturated rings. The van der Waals surface area contributed by atoms with Crippen LogP contribution in [0.2, 0.25) is 0 Å². The molecular weight excluding hydrogens is 411 g/mol. The molecule has 30 heavy (non-hydrogen) atoms. The Hall–Kier alpha value is -3.56. The van der Waals surface area contributed by atoms with E-state index in [1.807, 2.05) is 0 Å². The van der Waals surface area contributed by atoms with Crippen LogP contribution in [0.4, 0.5) is 22.0 Å². The summed E-state index contributed by atoms with van der Waals surface area (Å²) < 4.78 is 69.2. The molecular formula is C20H13F5N2O3. The molecule has 3 rings (SSSR count).